The van der Waals surface area contributed by atoms with E-state index in [1.54, 1.807) is 0 Å². The predicted octanol–water partition coefficient (Wildman–Crippen LogP) is 8.09. The van der Waals surface area contributed by atoms with Crippen LogP contribution in [-0.2, 0) is 29.3 Å². The van der Waals surface area contributed by atoms with Crippen LogP contribution in [0.15, 0.2) is 18.2 Å². The van der Waals surface area contributed by atoms with Crippen LogP contribution in [0.3, 0.4) is 0 Å². The van der Waals surface area contributed by atoms with Crippen LogP contribution in [0, 0.1) is 13.8 Å². The molecule has 198 valence electrons. The molecule has 0 saturated heterocycles. The molecule has 0 aromatic carbocycles. The number of aryl methyl sites for hydroxylation is 3. The van der Waals surface area contributed by atoms with E-state index in [2.05, 4.69) is 73.6 Å². The zero-order valence-electron chi connectivity index (χ0n) is 23.7. The monoisotopic (exact) mass is 546 g/mol. The van der Waals surface area contributed by atoms with Crippen molar-refractivity contribution < 1.29 is 16.5 Å². The number of aromatic nitrogens is 4. The van der Waals surface area contributed by atoms with E-state index in [0.717, 1.165) is 70.5 Å². The van der Waals surface area contributed by atoms with Crippen molar-refractivity contribution in [2.75, 3.05) is 0 Å². The molecule has 4 nitrogen and oxygen atoms in total. The summed E-state index contributed by atoms with van der Waals surface area (Å²) in [6.07, 6.45) is 3.86. The van der Waals surface area contributed by atoms with Crippen LogP contribution in [0.5, 0.6) is 0 Å². The second-order valence-electron chi connectivity index (χ2n) is 10.9. The molecule has 5 heterocycles. The summed E-state index contributed by atoms with van der Waals surface area (Å²) in [5, 5.41) is 0. The summed E-state index contributed by atoms with van der Waals surface area (Å²) < 4.78 is 0. The molecule has 0 spiro atoms. The Morgan fingerprint density at radius 3 is 2.03 bits per heavy atom. The number of rotatable bonds is 3. The van der Waals surface area contributed by atoms with Crippen LogP contribution < -0.4 is 9.97 Å². The molecule has 0 radical (unpaired) electrons. The molecule has 1 aliphatic carbocycles. The summed E-state index contributed by atoms with van der Waals surface area (Å²) in [4.78, 5) is 20.8. The van der Waals surface area contributed by atoms with Crippen molar-refractivity contribution in [1.29, 1.82) is 0 Å². The topological polar surface area (TPSA) is 54.0 Å². The minimum Gasteiger partial charge on any atom is -0.657 e. The Balaban J connectivity index is 0.00000294. The quantitative estimate of drug-likeness (QED) is 0.311. The van der Waals surface area contributed by atoms with E-state index >= 15 is 0 Å². The van der Waals surface area contributed by atoms with Gasteiger partial charge in [0.15, 0.2) is 0 Å². The van der Waals surface area contributed by atoms with Crippen LogP contribution in [0.25, 0.3) is 44.4 Å². The summed E-state index contributed by atoms with van der Waals surface area (Å²) in [6.45, 7) is 17.8. The fourth-order valence-corrected chi connectivity index (χ4v) is 6.66. The molecule has 3 aromatic rings. The summed E-state index contributed by atoms with van der Waals surface area (Å²) in [5.41, 5.74) is 20.1. The first-order valence-corrected chi connectivity index (χ1v) is 13.8. The number of nitrogens with zero attached hydrogens (tertiary/aromatic N) is 4. The van der Waals surface area contributed by atoms with Gasteiger partial charge in [-0.25, -0.2) is 9.97 Å². The van der Waals surface area contributed by atoms with Gasteiger partial charge in [-0.2, -0.15) is 0 Å². The van der Waals surface area contributed by atoms with E-state index in [0.29, 0.717) is 5.92 Å². The molecule has 38 heavy (non-hydrogen) atoms. The van der Waals surface area contributed by atoms with E-state index in [-0.39, 0.29) is 16.5 Å². The molecule has 0 amide bonds. The number of hydrogen-bond acceptors (Lipinski definition) is 2. The Morgan fingerprint density at radius 1 is 0.737 bits per heavy atom. The number of allylic oxidation sites excluding steroid dienone is 4. The van der Waals surface area contributed by atoms with E-state index in [9.17, 15) is 0 Å². The minimum atomic E-state index is 0. The van der Waals surface area contributed by atoms with Crippen LogP contribution in [0.4, 0.5) is 0 Å². The molecule has 0 fully saturated rings. The molecule has 3 aliphatic rings. The molecule has 2 aliphatic heterocycles. The first kappa shape index (κ1) is 26.7. The first-order chi connectivity index (χ1) is 17.8. The van der Waals surface area contributed by atoms with Gasteiger partial charge in [0.1, 0.15) is 0 Å². The van der Waals surface area contributed by atoms with Crippen LogP contribution in [0.1, 0.15) is 111 Å². The molecule has 8 bridgehead atoms. The van der Waals surface area contributed by atoms with Gasteiger partial charge in [-0.15, -0.1) is 22.1 Å². The van der Waals surface area contributed by atoms with Crippen molar-refractivity contribution in [2.45, 2.75) is 87.0 Å². The fraction of sp³-hybridized carbons (Fsp3) is 0.394. The van der Waals surface area contributed by atoms with Crippen molar-refractivity contribution >= 4 is 44.4 Å². The standard InChI is InChI=1S/C33H36N4.Ni/c1-9-21-17(5)25-13-27-19(7)23(11-3)32(36-27)31-16(4)12-24-20(8)28(37-33(24)31)15-30-22(10-2)18(6)26(35-30)14-29(21)34-25;/h13-16H,9-12H2,1-8H3;/q-2;+2. The zero-order chi connectivity index (χ0) is 26.2. The number of hydrogen-bond donors (Lipinski definition) is 0. The minimum absolute atomic E-state index is 0. The van der Waals surface area contributed by atoms with E-state index in [4.69, 9.17) is 19.9 Å². The second-order valence-corrected chi connectivity index (χ2v) is 10.9. The van der Waals surface area contributed by atoms with Crippen LogP contribution >= 0.6 is 0 Å². The molecule has 6 rings (SSSR count). The van der Waals surface area contributed by atoms with Gasteiger partial charge < -0.3 is 9.97 Å². The van der Waals surface area contributed by atoms with Crippen molar-refractivity contribution in [1.82, 2.24) is 19.9 Å². The van der Waals surface area contributed by atoms with Gasteiger partial charge >= 0.3 is 16.5 Å². The summed E-state index contributed by atoms with van der Waals surface area (Å²) >= 11 is 0. The second kappa shape index (κ2) is 9.68. The summed E-state index contributed by atoms with van der Waals surface area (Å²) in [7, 11) is 0. The summed E-state index contributed by atoms with van der Waals surface area (Å²) in [5.74, 6) is 0.403. The van der Waals surface area contributed by atoms with Gasteiger partial charge in [0.2, 0.25) is 0 Å². The van der Waals surface area contributed by atoms with Gasteiger partial charge in [0.05, 0.1) is 22.8 Å². The Kier molecular flexibility index (Phi) is 6.80. The van der Waals surface area contributed by atoms with Gasteiger partial charge in [0, 0.05) is 0 Å². The third-order valence-electron chi connectivity index (χ3n) is 8.88. The van der Waals surface area contributed by atoms with Gasteiger partial charge in [-0.3, -0.25) is 0 Å². The first-order valence-electron chi connectivity index (χ1n) is 13.8. The van der Waals surface area contributed by atoms with Crippen molar-refractivity contribution in [3.8, 4) is 0 Å². The molecule has 5 heteroatoms. The van der Waals surface area contributed by atoms with Gasteiger partial charge in [0.25, 0.3) is 0 Å². The summed E-state index contributed by atoms with van der Waals surface area (Å²) in [6, 6.07) is 6.60. The Labute approximate surface area is 236 Å². The Morgan fingerprint density at radius 2 is 1.34 bits per heavy atom. The maximum Gasteiger partial charge on any atom is 2.00 e. The van der Waals surface area contributed by atoms with Crippen LogP contribution in [-0.4, -0.2) is 9.97 Å². The third-order valence-corrected chi connectivity index (χ3v) is 8.88. The molecule has 1 unspecified atom stereocenters. The number of fused-ring (bicyclic) bond motifs is 8. The van der Waals surface area contributed by atoms with Crippen LogP contribution in [0.2, 0.25) is 0 Å². The Bertz CT molecular complexity index is 1710. The van der Waals surface area contributed by atoms with E-state index < -0.39 is 0 Å². The maximum absolute atomic E-state index is 5.29. The fourth-order valence-electron chi connectivity index (χ4n) is 6.66. The molecular formula is C33H36N4Ni. The Hall–Kier alpha value is -2.91. The molecule has 3 aromatic heterocycles. The van der Waals surface area contributed by atoms with E-state index in [1.807, 2.05) is 0 Å². The van der Waals surface area contributed by atoms with Gasteiger partial charge in [-0.1, -0.05) is 68.1 Å². The predicted molar refractivity (Wildman–Crippen MR) is 155 cm³/mol. The van der Waals surface area contributed by atoms with Crippen molar-refractivity contribution in [3.05, 3.63) is 68.8 Å². The molecule has 0 saturated carbocycles. The largest absolute Gasteiger partial charge is 2.00 e. The average Bonchev–Trinajstić information content (AvgIpc) is 3.60. The van der Waals surface area contributed by atoms with Crippen molar-refractivity contribution in [3.63, 3.8) is 0 Å². The normalized spacial score (nSPS) is 16.5. The van der Waals surface area contributed by atoms with E-state index in [1.165, 1.54) is 50.1 Å². The SMILES string of the molecule is CCC1=C(C)c2cc3[n-]c(cc4nc(c5c6[n-]c(cc1n2)c(C)c6CC5C)C(CC)=C4C)c(C)c3CC.[Ni+2]. The van der Waals surface area contributed by atoms with Crippen molar-refractivity contribution in [2.24, 2.45) is 0 Å². The molecule has 1 atom stereocenters. The molecular weight excluding hydrogens is 511 g/mol. The maximum atomic E-state index is 5.29. The smallest absolute Gasteiger partial charge is 0.657 e. The molecule has 0 N–H and O–H groups in total. The average molecular weight is 547 g/mol. The third kappa shape index (κ3) is 3.77. The zero-order valence-corrected chi connectivity index (χ0v) is 24.7. The van der Waals surface area contributed by atoms with Gasteiger partial charge in [-0.05, 0) is 87.2 Å².